The molecule has 1 aliphatic rings. The van der Waals surface area contributed by atoms with E-state index in [9.17, 15) is 4.79 Å². The fraction of sp³-hybridized carbons (Fsp3) is 0.800. The molecule has 0 spiro atoms. The Morgan fingerprint density at radius 2 is 1.72 bits per heavy atom. The van der Waals surface area contributed by atoms with E-state index in [-0.39, 0.29) is 5.69 Å². The SMILES string of the molecule is CCCCCCCCCn1ccn(C2CC2)c1=O. The number of hydrogen-bond acceptors (Lipinski definition) is 1. The number of imidazole rings is 1. The first kappa shape index (κ1) is 13.4. The first-order chi connectivity index (χ1) is 8.83. The summed E-state index contributed by atoms with van der Waals surface area (Å²) in [5.74, 6) is 0. The highest BCUT2D eigenvalue weighted by atomic mass is 16.1. The van der Waals surface area contributed by atoms with Crippen LogP contribution < -0.4 is 5.69 Å². The summed E-state index contributed by atoms with van der Waals surface area (Å²) in [6.45, 7) is 3.14. The second-order valence-electron chi connectivity index (χ2n) is 5.53. The van der Waals surface area contributed by atoms with Gasteiger partial charge >= 0.3 is 5.69 Å². The third-order valence-electron chi connectivity index (χ3n) is 3.82. The molecule has 0 radical (unpaired) electrons. The molecule has 102 valence electrons. The van der Waals surface area contributed by atoms with Gasteiger partial charge in [-0.05, 0) is 19.3 Å². The molecule has 0 aromatic carbocycles. The van der Waals surface area contributed by atoms with Gasteiger partial charge in [-0.25, -0.2) is 4.79 Å². The number of nitrogens with zero attached hydrogens (tertiary/aromatic N) is 2. The van der Waals surface area contributed by atoms with Crippen molar-refractivity contribution in [3.63, 3.8) is 0 Å². The topological polar surface area (TPSA) is 26.9 Å². The van der Waals surface area contributed by atoms with E-state index in [0.717, 1.165) is 13.0 Å². The number of aryl methyl sites for hydroxylation is 1. The Balaban J connectivity index is 1.63. The summed E-state index contributed by atoms with van der Waals surface area (Å²) in [4.78, 5) is 12.0. The summed E-state index contributed by atoms with van der Waals surface area (Å²) < 4.78 is 3.78. The lowest BCUT2D eigenvalue weighted by Crippen LogP contribution is -2.23. The average Bonchev–Trinajstić information content (AvgIpc) is 3.14. The van der Waals surface area contributed by atoms with Gasteiger partial charge in [-0.1, -0.05) is 45.4 Å². The van der Waals surface area contributed by atoms with Gasteiger partial charge in [0.05, 0.1) is 0 Å². The molecule has 0 amide bonds. The molecule has 3 nitrogen and oxygen atoms in total. The van der Waals surface area contributed by atoms with Crippen molar-refractivity contribution in [1.29, 1.82) is 0 Å². The minimum atomic E-state index is 0.198. The largest absolute Gasteiger partial charge is 0.328 e. The first-order valence-electron chi connectivity index (χ1n) is 7.60. The third-order valence-corrected chi connectivity index (χ3v) is 3.82. The molecular formula is C15H26N2O. The maximum atomic E-state index is 12.0. The van der Waals surface area contributed by atoms with Gasteiger partial charge in [-0.2, -0.15) is 0 Å². The third kappa shape index (κ3) is 3.76. The Kier molecular flexibility index (Phi) is 5.09. The highest BCUT2D eigenvalue weighted by molar-refractivity contribution is 4.91. The summed E-state index contributed by atoms with van der Waals surface area (Å²) in [6, 6.07) is 0.507. The van der Waals surface area contributed by atoms with Crippen molar-refractivity contribution in [3.8, 4) is 0 Å². The van der Waals surface area contributed by atoms with E-state index in [0.29, 0.717) is 6.04 Å². The Hall–Kier alpha value is -0.990. The predicted octanol–water partition coefficient (Wildman–Crippen LogP) is 3.74. The van der Waals surface area contributed by atoms with Crippen LogP contribution in [-0.4, -0.2) is 9.13 Å². The van der Waals surface area contributed by atoms with Crippen LogP contribution in [0.2, 0.25) is 0 Å². The quantitative estimate of drug-likeness (QED) is 0.613. The van der Waals surface area contributed by atoms with Gasteiger partial charge in [0.2, 0.25) is 0 Å². The molecule has 2 rings (SSSR count). The van der Waals surface area contributed by atoms with Gasteiger partial charge in [0.1, 0.15) is 0 Å². The number of aromatic nitrogens is 2. The van der Waals surface area contributed by atoms with Crippen LogP contribution in [0.4, 0.5) is 0 Å². The number of unbranched alkanes of at least 4 members (excludes halogenated alkanes) is 6. The standard InChI is InChI=1S/C15H26N2O/c1-2-3-4-5-6-7-8-11-16-12-13-17(15(16)18)14-9-10-14/h12-14H,2-11H2,1H3. The van der Waals surface area contributed by atoms with E-state index in [4.69, 9.17) is 0 Å². The highest BCUT2D eigenvalue weighted by Crippen LogP contribution is 2.33. The van der Waals surface area contributed by atoms with Gasteiger partial charge in [0.15, 0.2) is 0 Å². The molecule has 0 saturated heterocycles. The summed E-state index contributed by atoms with van der Waals surface area (Å²) in [7, 11) is 0. The van der Waals surface area contributed by atoms with Crippen molar-refractivity contribution in [3.05, 3.63) is 22.9 Å². The van der Waals surface area contributed by atoms with E-state index in [1.165, 1.54) is 51.4 Å². The van der Waals surface area contributed by atoms with Crippen molar-refractivity contribution in [1.82, 2.24) is 9.13 Å². The summed E-state index contributed by atoms with van der Waals surface area (Å²) in [5, 5.41) is 0. The Morgan fingerprint density at radius 3 is 2.39 bits per heavy atom. The van der Waals surface area contributed by atoms with Crippen LogP contribution in [0.1, 0.15) is 70.8 Å². The highest BCUT2D eigenvalue weighted by Gasteiger charge is 2.25. The van der Waals surface area contributed by atoms with Crippen LogP contribution in [-0.2, 0) is 6.54 Å². The fourth-order valence-electron chi connectivity index (χ4n) is 2.47. The predicted molar refractivity (Wildman–Crippen MR) is 75.0 cm³/mol. The van der Waals surface area contributed by atoms with Gasteiger partial charge in [-0.3, -0.25) is 9.13 Å². The lowest BCUT2D eigenvalue weighted by atomic mass is 10.1. The second kappa shape index (κ2) is 6.81. The Morgan fingerprint density at radius 1 is 1.06 bits per heavy atom. The van der Waals surface area contributed by atoms with Crippen LogP contribution in [0, 0.1) is 0 Å². The average molecular weight is 250 g/mol. The monoisotopic (exact) mass is 250 g/mol. The Labute approximate surface area is 110 Å². The second-order valence-corrected chi connectivity index (χ2v) is 5.53. The van der Waals surface area contributed by atoms with Crippen molar-refractivity contribution in [2.75, 3.05) is 0 Å². The van der Waals surface area contributed by atoms with Crippen molar-refractivity contribution >= 4 is 0 Å². The molecule has 1 fully saturated rings. The van der Waals surface area contributed by atoms with Crippen LogP contribution >= 0.6 is 0 Å². The fourth-order valence-corrected chi connectivity index (χ4v) is 2.47. The van der Waals surface area contributed by atoms with Crippen molar-refractivity contribution < 1.29 is 0 Å². The number of hydrogen-bond donors (Lipinski definition) is 0. The molecule has 0 aliphatic heterocycles. The summed E-state index contributed by atoms with van der Waals surface area (Å²) in [5.41, 5.74) is 0.198. The summed E-state index contributed by atoms with van der Waals surface area (Å²) >= 11 is 0. The number of rotatable bonds is 9. The molecule has 1 aromatic heterocycles. The van der Waals surface area contributed by atoms with E-state index in [2.05, 4.69) is 6.92 Å². The van der Waals surface area contributed by atoms with Crippen LogP contribution in [0.25, 0.3) is 0 Å². The van der Waals surface area contributed by atoms with Gasteiger partial charge in [-0.15, -0.1) is 0 Å². The van der Waals surface area contributed by atoms with E-state index < -0.39 is 0 Å². The van der Waals surface area contributed by atoms with Gasteiger partial charge in [0.25, 0.3) is 0 Å². The minimum Gasteiger partial charge on any atom is -0.299 e. The zero-order valence-electron chi connectivity index (χ0n) is 11.6. The molecular weight excluding hydrogens is 224 g/mol. The Bertz CT molecular complexity index is 401. The zero-order chi connectivity index (χ0) is 12.8. The van der Waals surface area contributed by atoms with Crippen LogP contribution in [0.3, 0.4) is 0 Å². The molecule has 1 saturated carbocycles. The van der Waals surface area contributed by atoms with Gasteiger partial charge in [0, 0.05) is 25.0 Å². The molecule has 1 aromatic rings. The van der Waals surface area contributed by atoms with E-state index in [1.807, 2.05) is 21.5 Å². The van der Waals surface area contributed by atoms with Crippen LogP contribution in [0.15, 0.2) is 17.2 Å². The van der Waals surface area contributed by atoms with E-state index in [1.54, 1.807) is 0 Å². The molecule has 0 unspecified atom stereocenters. The lowest BCUT2D eigenvalue weighted by molar-refractivity contribution is 0.535. The molecule has 18 heavy (non-hydrogen) atoms. The lowest BCUT2D eigenvalue weighted by Gasteiger charge is -2.02. The molecule has 0 bridgehead atoms. The normalized spacial score (nSPS) is 15.2. The smallest absolute Gasteiger partial charge is 0.299 e. The minimum absolute atomic E-state index is 0.198. The molecule has 3 heteroatoms. The first-order valence-corrected chi connectivity index (χ1v) is 7.60. The van der Waals surface area contributed by atoms with Crippen LogP contribution in [0.5, 0.6) is 0 Å². The molecule has 0 atom stereocenters. The molecule has 1 aliphatic carbocycles. The maximum Gasteiger partial charge on any atom is 0.328 e. The van der Waals surface area contributed by atoms with Crippen molar-refractivity contribution in [2.24, 2.45) is 0 Å². The van der Waals surface area contributed by atoms with Gasteiger partial charge < -0.3 is 0 Å². The van der Waals surface area contributed by atoms with Crippen molar-refractivity contribution in [2.45, 2.75) is 77.3 Å². The molecule has 1 heterocycles. The zero-order valence-corrected chi connectivity index (χ0v) is 11.6. The summed E-state index contributed by atoms with van der Waals surface area (Å²) in [6.07, 6.45) is 15.4. The molecule has 0 N–H and O–H groups in total. The van der Waals surface area contributed by atoms with E-state index >= 15 is 0 Å². The maximum absolute atomic E-state index is 12.0.